The zero-order valence-electron chi connectivity index (χ0n) is 12.7. The number of halogens is 1. The second-order valence-electron chi connectivity index (χ2n) is 4.69. The summed E-state index contributed by atoms with van der Waals surface area (Å²) in [5.41, 5.74) is 2.26. The molecular formula is C16H20ClNO2S. The van der Waals surface area contributed by atoms with Gasteiger partial charge < -0.3 is 14.8 Å². The molecule has 2 aromatic rings. The largest absolute Gasteiger partial charge is 0.493 e. The maximum absolute atomic E-state index is 6.47. The first-order valence-electron chi connectivity index (χ1n) is 6.81. The molecular weight excluding hydrogens is 306 g/mol. The third-order valence-corrected chi connectivity index (χ3v) is 4.80. The zero-order chi connectivity index (χ0) is 15.4. The molecule has 114 valence electrons. The van der Waals surface area contributed by atoms with Gasteiger partial charge in [-0.2, -0.15) is 0 Å². The van der Waals surface area contributed by atoms with E-state index in [4.69, 9.17) is 21.1 Å². The summed E-state index contributed by atoms with van der Waals surface area (Å²) in [6.07, 6.45) is 0. The standard InChI is InChI=1S/C16H20ClNO2S/c1-5-18-15(16-10(2)6-7-21-16)11-8-13(19-3)14(20-4)9-12(11)17/h6-9,15,18H,5H2,1-4H3. The number of aryl methyl sites for hydroxylation is 1. The van der Waals surface area contributed by atoms with Crippen LogP contribution in [-0.4, -0.2) is 20.8 Å². The highest BCUT2D eigenvalue weighted by Crippen LogP contribution is 2.39. The molecule has 0 bridgehead atoms. The summed E-state index contributed by atoms with van der Waals surface area (Å²) in [5.74, 6) is 1.33. The molecule has 0 aliphatic rings. The fourth-order valence-corrected chi connectivity index (χ4v) is 3.60. The van der Waals surface area contributed by atoms with Crippen molar-refractivity contribution in [1.82, 2.24) is 5.32 Å². The average molecular weight is 326 g/mol. The van der Waals surface area contributed by atoms with Gasteiger partial charge in [-0.3, -0.25) is 0 Å². The molecule has 0 spiro atoms. The highest BCUT2D eigenvalue weighted by molar-refractivity contribution is 7.10. The number of ether oxygens (including phenoxy) is 2. The summed E-state index contributed by atoms with van der Waals surface area (Å²) in [5, 5.41) is 6.27. The Morgan fingerprint density at radius 1 is 1.24 bits per heavy atom. The molecule has 0 aliphatic heterocycles. The van der Waals surface area contributed by atoms with Crippen molar-refractivity contribution in [3.05, 3.63) is 44.6 Å². The smallest absolute Gasteiger partial charge is 0.162 e. The third-order valence-electron chi connectivity index (χ3n) is 3.39. The van der Waals surface area contributed by atoms with Crippen molar-refractivity contribution in [3.63, 3.8) is 0 Å². The van der Waals surface area contributed by atoms with E-state index in [0.29, 0.717) is 16.5 Å². The van der Waals surface area contributed by atoms with Crippen LogP contribution in [0.5, 0.6) is 11.5 Å². The molecule has 1 aromatic carbocycles. The van der Waals surface area contributed by atoms with E-state index in [1.165, 1.54) is 10.4 Å². The molecule has 5 heteroatoms. The highest BCUT2D eigenvalue weighted by Gasteiger charge is 2.21. The van der Waals surface area contributed by atoms with Crippen LogP contribution in [0.3, 0.4) is 0 Å². The monoisotopic (exact) mass is 325 g/mol. The molecule has 0 fully saturated rings. The molecule has 3 nitrogen and oxygen atoms in total. The predicted molar refractivity (Wildman–Crippen MR) is 89.1 cm³/mol. The van der Waals surface area contributed by atoms with Gasteiger partial charge in [0.25, 0.3) is 0 Å². The van der Waals surface area contributed by atoms with Crippen molar-refractivity contribution >= 4 is 22.9 Å². The van der Waals surface area contributed by atoms with E-state index < -0.39 is 0 Å². The van der Waals surface area contributed by atoms with Crippen LogP contribution in [0.25, 0.3) is 0 Å². The van der Waals surface area contributed by atoms with Crippen LogP contribution in [0.1, 0.15) is 29.0 Å². The van der Waals surface area contributed by atoms with E-state index in [1.54, 1.807) is 25.6 Å². The van der Waals surface area contributed by atoms with E-state index in [0.717, 1.165) is 12.1 Å². The second-order valence-corrected chi connectivity index (χ2v) is 6.04. The minimum absolute atomic E-state index is 0.0577. The SMILES string of the molecule is CCNC(c1cc(OC)c(OC)cc1Cl)c1sccc1C. The Morgan fingerprint density at radius 3 is 2.43 bits per heavy atom. The summed E-state index contributed by atoms with van der Waals surface area (Å²) < 4.78 is 10.7. The van der Waals surface area contributed by atoms with Gasteiger partial charge >= 0.3 is 0 Å². The minimum atomic E-state index is 0.0577. The Kier molecular flexibility index (Phi) is 5.51. The Hall–Kier alpha value is -1.23. The maximum atomic E-state index is 6.47. The van der Waals surface area contributed by atoms with Gasteiger partial charge in [0.2, 0.25) is 0 Å². The molecule has 1 heterocycles. The van der Waals surface area contributed by atoms with Gasteiger partial charge in [-0.15, -0.1) is 11.3 Å². The van der Waals surface area contributed by atoms with Crippen molar-refractivity contribution in [1.29, 1.82) is 0 Å². The van der Waals surface area contributed by atoms with E-state index in [2.05, 4.69) is 30.6 Å². The van der Waals surface area contributed by atoms with Crippen LogP contribution in [-0.2, 0) is 0 Å². The van der Waals surface area contributed by atoms with Gasteiger partial charge in [0.1, 0.15) is 0 Å². The van der Waals surface area contributed by atoms with Gasteiger partial charge in [0.05, 0.1) is 20.3 Å². The first-order valence-corrected chi connectivity index (χ1v) is 8.06. The minimum Gasteiger partial charge on any atom is -0.493 e. The van der Waals surface area contributed by atoms with E-state index in [-0.39, 0.29) is 6.04 Å². The lowest BCUT2D eigenvalue weighted by atomic mass is 10.0. The van der Waals surface area contributed by atoms with Gasteiger partial charge in [-0.25, -0.2) is 0 Å². The fraction of sp³-hybridized carbons (Fsp3) is 0.375. The zero-order valence-corrected chi connectivity index (χ0v) is 14.3. The number of nitrogens with one attached hydrogen (secondary N) is 1. The second kappa shape index (κ2) is 7.16. The van der Waals surface area contributed by atoms with E-state index in [1.807, 2.05) is 12.1 Å². The van der Waals surface area contributed by atoms with E-state index in [9.17, 15) is 0 Å². The van der Waals surface area contributed by atoms with Gasteiger partial charge in [0.15, 0.2) is 11.5 Å². The molecule has 0 saturated heterocycles. The van der Waals surface area contributed by atoms with Crippen molar-refractivity contribution in [2.45, 2.75) is 19.9 Å². The van der Waals surface area contributed by atoms with Crippen molar-refractivity contribution < 1.29 is 9.47 Å². The summed E-state index contributed by atoms with van der Waals surface area (Å²) in [6.45, 7) is 5.06. The molecule has 0 aliphatic carbocycles. The molecule has 2 rings (SSSR count). The summed E-state index contributed by atoms with van der Waals surface area (Å²) in [7, 11) is 3.24. The van der Waals surface area contributed by atoms with Gasteiger partial charge in [-0.1, -0.05) is 18.5 Å². The Morgan fingerprint density at radius 2 is 1.90 bits per heavy atom. The van der Waals surface area contributed by atoms with Crippen molar-refractivity contribution in [3.8, 4) is 11.5 Å². The number of thiophene rings is 1. The number of rotatable bonds is 6. The molecule has 21 heavy (non-hydrogen) atoms. The first kappa shape index (κ1) is 16.1. The highest BCUT2D eigenvalue weighted by atomic mass is 35.5. The average Bonchev–Trinajstić information content (AvgIpc) is 2.90. The first-order chi connectivity index (χ1) is 10.1. The van der Waals surface area contributed by atoms with Crippen LogP contribution < -0.4 is 14.8 Å². The lowest BCUT2D eigenvalue weighted by molar-refractivity contribution is 0.354. The van der Waals surface area contributed by atoms with Crippen LogP contribution in [0, 0.1) is 6.92 Å². The number of methoxy groups -OCH3 is 2. The lowest BCUT2D eigenvalue weighted by Gasteiger charge is -2.21. The van der Waals surface area contributed by atoms with Gasteiger partial charge in [-0.05, 0) is 42.1 Å². The fourth-order valence-electron chi connectivity index (χ4n) is 2.32. The van der Waals surface area contributed by atoms with Gasteiger partial charge in [0, 0.05) is 16.0 Å². The normalized spacial score (nSPS) is 12.2. The number of benzene rings is 1. The number of hydrogen-bond donors (Lipinski definition) is 1. The Bertz CT molecular complexity index is 612. The predicted octanol–water partition coefficient (Wildman–Crippen LogP) is 4.43. The van der Waals surface area contributed by atoms with Crippen LogP contribution in [0.15, 0.2) is 23.6 Å². The molecule has 1 N–H and O–H groups in total. The summed E-state index contributed by atoms with van der Waals surface area (Å²) >= 11 is 8.20. The van der Waals surface area contributed by atoms with Crippen LogP contribution in [0.4, 0.5) is 0 Å². The summed E-state index contributed by atoms with van der Waals surface area (Å²) in [6, 6.07) is 5.94. The molecule has 1 atom stereocenters. The Labute approximate surface area is 134 Å². The molecule has 1 aromatic heterocycles. The summed E-state index contributed by atoms with van der Waals surface area (Å²) in [4.78, 5) is 1.27. The third kappa shape index (κ3) is 3.34. The molecule has 1 unspecified atom stereocenters. The Balaban J connectivity index is 2.53. The number of hydrogen-bond acceptors (Lipinski definition) is 4. The van der Waals surface area contributed by atoms with Crippen molar-refractivity contribution in [2.24, 2.45) is 0 Å². The maximum Gasteiger partial charge on any atom is 0.162 e. The van der Waals surface area contributed by atoms with Crippen molar-refractivity contribution in [2.75, 3.05) is 20.8 Å². The lowest BCUT2D eigenvalue weighted by Crippen LogP contribution is -2.22. The van der Waals surface area contributed by atoms with Crippen LogP contribution in [0.2, 0.25) is 5.02 Å². The topological polar surface area (TPSA) is 30.5 Å². The quantitative estimate of drug-likeness (QED) is 0.852. The molecule has 0 amide bonds. The van der Waals surface area contributed by atoms with Crippen LogP contribution >= 0.6 is 22.9 Å². The van der Waals surface area contributed by atoms with E-state index >= 15 is 0 Å². The molecule has 0 radical (unpaired) electrons. The molecule has 0 saturated carbocycles.